The normalized spacial score (nSPS) is 17.8. The van der Waals surface area contributed by atoms with E-state index in [1.807, 2.05) is 0 Å². The lowest BCUT2D eigenvalue weighted by atomic mass is 9.86. The monoisotopic (exact) mass is 180 g/mol. The summed E-state index contributed by atoms with van der Waals surface area (Å²) in [4.78, 5) is 22.7. The first-order valence-corrected chi connectivity index (χ1v) is 4.93. The number of rotatable bonds is 3. The van der Waals surface area contributed by atoms with E-state index < -0.39 is 0 Å². The Bertz CT molecular complexity index is 261. The van der Waals surface area contributed by atoms with Crippen LogP contribution in [0.15, 0.2) is 11.1 Å². The minimum absolute atomic E-state index is 0.0480. The minimum Gasteiger partial charge on any atom is -0.294 e. The third-order valence-corrected chi connectivity index (χ3v) is 2.42. The maximum absolute atomic E-state index is 11.4. The second kappa shape index (κ2) is 4.35. The molecule has 0 spiro atoms. The number of hydrogen-bond acceptors (Lipinski definition) is 2. The molecule has 0 aromatic rings. The van der Waals surface area contributed by atoms with Crippen LogP contribution in [0.25, 0.3) is 0 Å². The van der Waals surface area contributed by atoms with Crippen molar-refractivity contribution in [2.45, 2.75) is 46.0 Å². The highest BCUT2D eigenvalue weighted by atomic mass is 16.1. The summed E-state index contributed by atoms with van der Waals surface area (Å²) >= 11 is 0. The largest absolute Gasteiger partial charge is 0.294 e. The van der Waals surface area contributed by atoms with Gasteiger partial charge in [-0.05, 0) is 26.2 Å². The van der Waals surface area contributed by atoms with Crippen LogP contribution in [0.3, 0.4) is 0 Å². The van der Waals surface area contributed by atoms with Gasteiger partial charge in [0.25, 0.3) is 0 Å². The first kappa shape index (κ1) is 10.2. The van der Waals surface area contributed by atoms with E-state index in [1.54, 1.807) is 0 Å². The highest BCUT2D eigenvalue weighted by molar-refractivity contribution is 6.20. The van der Waals surface area contributed by atoms with Crippen LogP contribution in [0.4, 0.5) is 0 Å². The van der Waals surface area contributed by atoms with Gasteiger partial charge in [0.1, 0.15) is 0 Å². The van der Waals surface area contributed by atoms with E-state index in [2.05, 4.69) is 6.92 Å². The molecule has 0 aliphatic heterocycles. The first-order chi connectivity index (χ1) is 6.16. The second-order valence-electron chi connectivity index (χ2n) is 3.56. The zero-order valence-electron chi connectivity index (χ0n) is 8.35. The average Bonchev–Trinajstić information content (AvgIpc) is 2.04. The van der Waals surface area contributed by atoms with Gasteiger partial charge in [-0.25, -0.2) is 0 Å². The molecule has 0 saturated carbocycles. The molecule has 13 heavy (non-hydrogen) atoms. The summed E-state index contributed by atoms with van der Waals surface area (Å²) in [5, 5.41) is 0. The van der Waals surface area contributed by atoms with Gasteiger partial charge >= 0.3 is 0 Å². The average molecular weight is 180 g/mol. The van der Waals surface area contributed by atoms with E-state index in [9.17, 15) is 9.59 Å². The van der Waals surface area contributed by atoms with Crippen molar-refractivity contribution in [3.8, 4) is 0 Å². The summed E-state index contributed by atoms with van der Waals surface area (Å²) in [7, 11) is 0. The topological polar surface area (TPSA) is 34.1 Å². The summed E-state index contributed by atoms with van der Waals surface area (Å²) in [6.07, 6.45) is 4.33. The fourth-order valence-corrected chi connectivity index (χ4v) is 1.91. The number of Topliss-reactive ketones (excluding diaryl/α,β-unsaturated/α-hetero) is 2. The number of ketones is 2. The molecule has 0 heterocycles. The molecule has 0 aromatic heterocycles. The summed E-state index contributed by atoms with van der Waals surface area (Å²) in [5.41, 5.74) is 1.60. The van der Waals surface area contributed by atoms with Crippen LogP contribution in [0.1, 0.15) is 46.0 Å². The van der Waals surface area contributed by atoms with Gasteiger partial charge in [0.15, 0.2) is 11.6 Å². The molecule has 0 bridgehead atoms. The molecule has 0 N–H and O–H groups in total. The number of carbonyl (C=O) groups is 2. The first-order valence-electron chi connectivity index (χ1n) is 4.93. The molecule has 0 fully saturated rings. The third-order valence-electron chi connectivity index (χ3n) is 2.42. The van der Waals surface area contributed by atoms with E-state index in [0.29, 0.717) is 12.0 Å². The van der Waals surface area contributed by atoms with Crippen molar-refractivity contribution >= 4 is 11.6 Å². The van der Waals surface area contributed by atoms with Crippen molar-refractivity contribution in [1.29, 1.82) is 0 Å². The fraction of sp³-hybridized carbons (Fsp3) is 0.636. The van der Waals surface area contributed by atoms with Crippen molar-refractivity contribution in [1.82, 2.24) is 0 Å². The predicted octanol–water partition coefficient (Wildman–Crippen LogP) is 2.43. The molecule has 1 aliphatic carbocycles. The fourth-order valence-electron chi connectivity index (χ4n) is 1.91. The Morgan fingerprint density at radius 3 is 2.62 bits per heavy atom. The molecule has 2 nitrogen and oxygen atoms in total. The molecule has 0 amide bonds. The van der Waals surface area contributed by atoms with Gasteiger partial charge in [0.05, 0.1) is 5.57 Å². The minimum atomic E-state index is -0.0480. The van der Waals surface area contributed by atoms with E-state index >= 15 is 0 Å². The summed E-state index contributed by atoms with van der Waals surface area (Å²) in [6, 6.07) is 0. The molecular formula is C11H16O2. The van der Waals surface area contributed by atoms with Crippen molar-refractivity contribution in [2.75, 3.05) is 0 Å². The second-order valence-corrected chi connectivity index (χ2v) is 3.56. The quantitative estimate of drug-likeness (QED) is 0.625. The maximum Gasteiger partial charge on any atom is 0.166 e. The molecular weight excluding hydrogens is 164 g/mol. The number of hydrogen-bond donors (Lipinski definition) is 0. The van der Waals surface area contributed by atoms with Crippen molar-refractivity contribution in [2.24, 2.45) is 0 Å². The zero-order valence-corrected chi connectivity index (χ0v) is 8.35. The Balaban J connectivity index is 2.96. The highest BCUT2D eigenvalue weighted by Gasteiger charge is 2.22. The molecule has 0 radical (unpaired) electrons. The van der Waals surface area contributed by atoms with Crippen LogP contribution in [-0.2, 0) is 9.59 Å². The Labute approximate surface area is 79.0 Å². The van der Waals surface area contributed by atoms with Crippen LogP contribution in [0, 0.1) is 0 Å². The standard InChI is InChI=1S/C11H16O2/c1-3-5-9-6-4-7-10(13)11(9)8(2)12/h3-7H2,1-2H3. The van der Waals surface area contributed by atoms with Crippen LogP contribution in [0.2, 0.25) is 0 Å². The number of carbonyl (C=O) groups excluding carboxylic acids is 2. The van der Waals surface area contributed by atoms with Gasteiger partial charge in [-0.2, -0.15) is 0 Å². The summed E-state index contributed by atoms with van der Waals surface area (Å²) < 4.78 is 0. The Hall–Kier alpha value is -0.920. The van der Waals surface area contributed by atoms with E-state index in [0.717, 1.165) is 31.3 Å². The van der Waals surface area contributed by atoms with Gasteiger partial charge in [0, 0.05) is 6.42 Å². The molecule has 72 valence electrons. The molecule has 0 atom stereocenters. The van der Waals surface area contributed by atoms with Gasteiger partial charge in [0.2, 0.25) is 0 Å². The number of allylic oxidation sites excluding steroid dienone is 2. The summed E-state index contributed by atoms with van der Waals surface area (Å²) in [5.74, 6) is 0.00958. The van der Waals surface area contributed by atoms with E-state index in [4.69, 9.17) is 0 Å². The Morgan fingerprint density at radius 1 is 1.38 bits per heavy atom. The lowest BCUT2D eigenvalue weighted by molar-refractivity contribution is -0.121. The van der Waals surface area contributed by atoms with E-state index in [1.165, 1.54) is 6.92 Å². The van der Waals surface area contributed by atoms with Crippen molar-refractivity contribution < 1.29 is 9.59 Å². The Kier molecular flexibility index (Phi) is 3.40. The molecule has 0 aromatic carbocycles. The molecule has 1 rings (SSSR count). The smallest absolute Gasteiger partial charge is 0.166 e. The SMILES string of the molecule is CCCC1=C(C(C)=O)C(=O)CCC1. The van der Waals surface area contributed by atoms with Crippen LogP contribution in [0.5, 0.6) is 0 Å². The Morgan fingerprint density at radius 2 is 2.08 bits per heavy atom. The van der Waals surface area contributed by atoms with Gasteiger partial charge in [-0.15, -0.1) is 0 Å². The van der Waals surface area contributed by atoms with Crippen LogP contribution >= 0.6 is 0 Å². The van der Waals surface area contributed by atoms with Crippen molar-refractivity contribution in [3.05, 3.63) is 11.1 Å². The lowest BCUT2D eigenvalue weighted by Gasteiger charge is -2.16. The van der Waals surface area contributed by atoms with Gasteiger partial charge in [-0.3, -0.25) is 9.59 Å². The van der Waals surface area contributed by atoms with Gasteiger partial charge < -0.3 is 0 Å². The highest BCUT2D eigenvalue weighted by Crippen LogP contribution is 2.25. The van der Waals surface area contributed by atoms with Crippen LogP contribution in [-0.4, -0.2) is 11.6 Å². The van der Waals surface area contributed by atoms with Crippen LogP contribution < -0.4 is 0 Å². The van der Waals surface area contributed by atoms with Crippen molar-refractivity contribution in [3.63, 3.8) is 0 Å². The third kappa shape index (κ3) is 2.27. The summed E-state index contributed by atoms with van der Waals surface area (Å²) in [6.45, 7) is 3.57. The molecule has 2 heteroatoms. The molecule has 0 unspecified atom stereocenters. The molecule has 1 aliphatic rings. The predicted molar refractivity (Wildman–Crippen MR) is 51.5 cm³/mol. The lowest BCUT2D eigenvalue weighted by Crippen LogP contribution is -2.17. The maximum atomic E-state index is 11.4. The van der Waals surface area contributed by atoms with E-state index in [-0.39, 0.29) is 11.6 Å². The van der Waals surface area contributed by atoms with Gasteiger partial charge in [-0.1, -0.05) is 18.9 Å². The molecule has 0 saturated heterocycles. The zero-order chi connectivity index (χ0) is 9.84.